The van der Waals surface area contributed by atoms with Gasteiger partial charge in [-0.15, -0.1) is 0 Å². The number of amides is 1. The Bertz CT molecular complexity index is 628. The van der Waals surface area contributed by atoms with Gasteiger partial charge in [0.05, 0.1) is 5.56 Å². The van der Waals surface area contributed by atoms with E-state index < -0.39 is 24.2 Å². The Labute approximate surface area is 101 Å². The molecule has 5 nitrogen and oxygen atoms in total. The van der Waals surface area contributed by atoms with Crippen molar-refractivity contribution in [3.63, 3.8) is 0 Å². The predicted molar refractivity (Wildman–Crippen MR) is 61.7 cm³/mol. The van der Waals surface area contributed by atoms with E-state index in [-0.39, 0.29) is 11.1 Å². The highest BCUT2D eigenvalue weighted by Crippen LogP contribution is 2.16. The van der Waals surface area contributed by atoms with Crippen molar-refractivity contribution in [2.24, 2.45) is 0 Å². The first-order chi connectivity index (χ1) is 8.58. The topological polar surface area (TPSA) is 79.3 Å². The van der Waals surface area contributed by atoms with Gasteiger partial charge in [-0.3, -0.25) is 14.6 Å². The summed E-state index contributed by atoms with van der Waals surface area (Å²) >= 11 is 0. The number of aromatic nitrogens is 1. The summed E-state index contributed by atoms with van der Waals surface area (Å²) in [5.41, 5.74) is 0.363. The molecule has 1 amide bonds. The van der Waals surface area contributed by atoms with Crippen LogP contribution in [0.25, 0.3) is 10.9 Å². The van der Waals surface area contributed by atoms with Gasteiger partial charge in [0.25, 0.3) is 5.91 Å². The quantitative estimate of drug-likeness (QED) is 0.855. The summed E-state index contributed by atoms with van der Waals surface area (Å²) in [4.78, 5) is 25.7. The van der Waals surface area contributed by atoms with Gasteiger partial charge in [0.2, 0.25) is 0 Å². The monoisotopic (exact) mass is 248 g/mol. The zero-order valence-electron chi connectivity index (χ0n) is 9.18. The Balaban J connectivity index is 2.30. The molecule has 0 spiro atoms. The number of carboxylic acids is 1. The van der Waals surface area contributed by atoms with Crippen LogP contribution in [-0.2, 0) is 4.79 Å². The van der Waals surface area contributed by atoms with E-state index in [0.29, 0.717) is 5.39 Å². The molecule has 18 heavy (non-hydrogen) atoms. The van der Waals surface area contributed by atoms with Crippen LogP contribution < -0.4 is 5.32 Å². The van der Waals surface area contributed by atoms with E-state index in [2.05, 4.69) is 10.3 Å². The van der Waals surface area contributed by atoms with Gasteiger partial charge in [-0.25, -0.2) is 4.39 Å². The number of hydrogen-bond acceptors (Lipinski definition) is 3. The second-order valence-corrected chi connectivity index (χ2v) is 3.61. The number of nitrogens with one attached hydrogen (secondary N) is 1. The first-order valence-electron chi connectivity index (χ1n) is 5.12. The Hall–Kier alpha value is -2.50. The van der Waals surface area contributed by atoms with Crippen molar-refractivity contribution in [3.8, 4) is 0 Å². The molecule has 2 rings (SSSR count). The number of carbonyl (C=O) groups excluding carboxylic acids is 1. The number of rotatable bonds is 3. The third-order valence-electron chi connectivity index (χ3n) is 2.32. The van der Waals surface area contributed by atoms with Crippen LogP contribution in [0.5, 0.6) is 0 Å². The van der Waals surface area contributed by atoms with E-state index in [1.165, 1.54) is 24.4 Å². The fourth-order valence-corrected chi connectivity index (χ4v) is 1.51. The Morgan fingerprint density at radius 2 is 2.17 bits per heavy atom. The Kier molecular flexibility index (Phi) is 3.18. The van der Waals surface area contributed by atoms with Crippen molar-refractivity contribution in [2.45, 2.75) is 0 Å². The van der Waals surface area contributed by atoms with Gasteiger partial charge in [0.15, 0.2) is 0 Å². The van der Waals surface area contributed by atoms with Crippen LogP contribution in [0.2, 0.25) is 0 Å². The molecule has 0 bridgehead atoms. The lowest BCUT2D eigenvalue weighted by Crippen LogP contribution is -2.29. The summed E-state index contributed by atoms with van der Waals surface area (Å²) < 4.78 is 13.3. The van der Waals surface area contributed by atoms with Crippen molar-refractivity contribution >= 4 is 22.8 Å². The first-order valence-corrected chi connectivity index (χ1v) is 5.12. The minimum atomic E-state index is -1.14. The molecule has 0 saturated heterocycles. The van der Waals surface area contributed by atoms with Crippen molar-refractivity contribution < 1.29 is 19.1 Å². The van der Waals surface area contributed by atoms with Crippen LogP contribution in [0, 0.1) is 5.82 Å². The van der Waals surface area contributed by atoms with Gasteiger partial charge in [0.1, 0.15) is 17.9 Å². The average molecular weight is 248 g/mol. The molecule has 2 aromatic rings. The van der Waals surface area contributed by atoms with Gasteiger partial charge in [0, 0.05) is 11.6 Å². The summed E-state index contributed by atoms with van der Waals surface area (Å²) in [5, 5.41) is 11.1. The number of carbonyl (C=O) groups is 2. The van der Waals surface area contributed by atoms with Crippen molar-refractivity contribution in [2.75, 3.05) is 6.54 Å². The lowest BCUT2D eigenvalue weighted by molar-refractivity contribution is -0.135. The molecule has 0 aliphatic rings. The van der Waals surface area contributed by atoms with E-state index in [1.807, 2.05) is 0 Å². The van der Waals surface area contributed by atoms with E-state index in [9.17, 15) is 14.0 Å². The molecule has 1 aromatic heterocycles. The van der Waals surface area contributed by atoms with E-state index in [1.54, 1.807) is 6.07 Å². The van der Waals surface area contributed by atoms with Crippen molar-refractivity contribution in [3.05, 3.63) is 41.8 Å². The highest BCUT2D eigenvalue weighted by molar-refractivity contribution is 5.98. The van der Waals surface area contributed by atoms with Crippen LogP contribution in [0.3, 0.4) is 0 Å². The zero-order valence-corrected chi connectivity index (χ0v) is 9.18. The SMILES string of the molecule is O=C(O)CNC(=O)c1cnc2c(F)cccc2c1. The van der Waals surface area contributed by atoms with Gasteiger partial charge < -0.3 is 10.4 Å². The normalized spacial score (nSPS) is 10.3. The Morgan fingerprint density at radius 3 is 2.89 bits per heavy atom. The second-order valence-electron chi connectivity index (χ2n) is 3.61. The van der Waals surface area contributed by atoms with Crippen molar-refractivity contribution in [1.29, 1.82) is 0 Å². The predicted octanol–water partition coefficient (Wildman–Crippen LogP) is 1.19. The minimum Gasteiger partial charge on any atom is -0.480 e. The molecule has 0 saturated carbocycles. The molecular formula is C12H9FN2O3. The number of para-hydroxylation sites is 1. The third-order valence-corrected chi connectivity index (χ3v) is 2.32. The van der Waals surface area contributed by atoms with Crippen LogP contribution in [-0.4, -0.2) is 28.5 Å². The lowest BCUT2D eigenvalue weighted by Gasteiger charge is -2.04. The molecule has 0 unspecified atom stereocenters. The molecule has 6 heteroatoms. The molecule has 1 aromatic carbocycles. The molecule has 92 valence electrons. The van der Waals surface area contributed by atoms with Crippen molar-refractivity contribution in [1.82, 2.24) is 10.3 Å². The third kappa shape index (κ3) is 2.42. The molecule has 1 heterocycles. The lowest BCUT2D eigenvalue weighted by atomic mass is 10.1. The highest BCUT2D eigenvalue weighted by atomic mass is 19.1. The van der Waals surface area contributed by atoms with Crippen LogP contribution in [0.1, 0.15) is 10.4 Å². The molecule has 0 radical (unpaired) electrons. The molecule has 0 aliphatic heterocycles. The molecule has 0 atom stereocenters. The number of aliphatic carboxylic acids is 1. The van der Waals surface area contributed by atoms with Gasteiger partial charge in [-0.1, -0.05) is 12.1 Å². The molecule has 2 N–H and O–H groups in total. The number of fused-ring (bicyclic) bond motifs is 1. The standard InChI is InChI=1S/C12H9FN2O3/c13-9-3-1-2-7-4-8(5-14-11(7)9)12(18)15-6-10(16)17/h1-5H,6H2,(H,15,18)(H,16,17). The maximum absolute atomic E-state index is 13.3. The Morgan fingerprint density at radius 1 is 1.39 bits per heavy atom. The van der Waals surface area contributed by atoms with Crippen LogP contribution in [0.4, 0.5) is 4.39 Å². The fourth-order valence-electron chi connectivity index (χ4n) is 1.51. The second kappa shape index (κ2) is 4.79. The highest BCUT2D eigenvalue weighted by Gasteiger charge is 2.09. The number of benzene rings is 1. The van der Waals surface area contributed by atoms with Gasteiger partial charge >= 0.3 is 5.97 Å². The van der Waals surface area contributed by atoms with Crippen LogP contribution in [0.15, 0.2) is 30.5 Å². The summed E-state index contributed by atoms with van der Waals surface area (Å²) in [7, 11) is 0. The summed E-state index contributed by atoms with van der Waals surface area (Å²) in [5.74, 6) is -2.16. The smallest absolute Gasteiger partial charge is 0.322 e. The summed E-state index contributed by atoms with van der Waals surface area (Å²) in [6, 6.07) is 5.87. The average Bonchev–Trinajstić information content (AvgIpc) is 2.35. The summed E-state index contributed by atoms with van der Waals surface area (Å²) in [6.07, 6.45) is 1.21. The number of pyridine rings is 1. The van der Waals surface area contributed by atoms with E-state index >= 15 is 0 Å². The minimum absolute atomic E-state index is 0.173. The number of halogens is 1. The maximum Gasteiger partial charge on any atom is 0.322 e. The largest absolute Gasteiger partial charge is 0.480 e. The van der Waals surface area contributed by atoms with Crippen LogP contribution >= 0.6 is 0 Å². The van der Waals surface area contributed by atoms with Gasteiger partial charge in [-0.2, -0.15) is 0 Å². The number of hydrogen-bond donors (Lipinski definition) is 2. The summed E-state index contributed by atoms with van der Waals surface area (Å²) in [6.45, 7) is -0.472. The van der Waals surface area contributed by atoms with Gasteiger partial charge in [-0.05, 0) is 12.1 Å². The molecule has 0 aliphatic carbocycles. The van der Waals surface area contributed by atoms with E-state index in [4.69, 9.17) is 5.11 Å². The first kappa shape index (κ1) is 12.0. The van der Waals surface area contributed by atoms with E-state index in [0.717, 1.165) is 0 Å². The molecular weight excluding hydrogens is 239 g/mol. The number of carboxylic acid groups (broad SMARTS) is 1. The number of nitrogens with zero attached hydrogens (tertiary/aromatic N) is 1. The maximum atomic E-state index is 13.3. The fraction of sp³-hybridized carbons (Fsp3) is 0.0833. The zero-order chi connectivity index (χ0) is 13.1. The molecule has 0 fully saturated rings.